The molecule has 0 spiro atoms. The quantitative estimate of drug-likeness (QED) is 0.706. The van der Waals surface area contributed by atoms with Gasteiger partial charge in [-0.1, -0.05) is 18.2 Å². The van der Waals surface area contributed by atoms with E-state index in [9.17, 15) is 17.6 Å². The normalized spacial score (nSPS) is 16.8. The van der Waals surface area contributed by atoms with Crippen molar-refractivity contribution in [1.29, 1.82) is 0 Å². The van der Waals surface area contributed by atoms with Crippen molar-refractivity contribution in [3.05, 3.63) is 54.0 Å². The highest BCUT2D eigenvalue weighted by Crippen LogP contribution is 2.28. The zero-order valence-corrected chi connectivity index (χ0v) is 16.7. The molecular weight excluding hydrogens is 395 g/mol. The highest BCUT2D eigenvalue weighted by atomic mass is 32.2. The van der Waals surface area contributed by atoms with E-state index >= 15 is 0 Å². The average Bonchev–Trinajstić information content (AvgIpc) is 3.06. The fourth-order valence-corrected chi connectivity index (χ4v) is 4.77. The van der Waals surface area contributed by atoms with Gasteiger partial charge in [-0.3, -0.25) is 9.69 Å². The number of nitrogens with zero attached hydrogens (tertiary/aromatic N) is 3. The molecule has 7 nitrogen and oxygen atoms in total. The molecular formula is C20H21FN4O3S. The van der Waals surface area contributed by atoms with Crippen molar-refractivity contribution < 1.29 is 17.6 Å². The molecule has 1 amide bonds. The number of pyridine rings is 1. The fourth-order valence-electron chi connectivity index (χ4n) is 3.49. The van der Waals surface area contributed by atoms with Gasteiger partial charge >= 0.3 is 0 Å². The number of carbonyl (C=O) groups excluding carboxylic acids is 1. The van der Waals surface area contributed by atoms with Crippen molar-refractivity contribution in [3.8, 4) is 11.1 Å². The topological polar surface area (TPSA) is 83.8 Å². The van der Waals surface area contributed by atoms with Crippen molar-refractivity contribution in [2.45, 2.75) is 13.5 Å². The maximum absolute atomic E-state index is 14.8. The van der Waals surface area contributed by atoms with Gasteiger partial charge in [-0.15, -0.1) is 0 Å². The second-order valence-corrected chi connectivity index (χ2v) is 9.50. The highest BCUT2D eigenvalue weighted by Gasteiger charge is 2.22. The number of sulfone groups is 1. The maximum Gasteiger partial charge on any atom is 0.222 e. The third-order valence-corrected chi connectivity index (χ3v) is 6.61. The summed E-state index contributed by atoms with van der Waals surface area (Å²) in [5.41, 5.74) is 2.79. The predicted molar refractivity (Wildman–Crippen MR) is 109 cm³/mol. The van der Waals surface area contributed by atoms with E-state index in [1.807, 2.05) is 23.1 Å². The van der Waals surface area contributed by atoms with E-state index < -0.39 is 9.84 Å². The molecule has 29 heavy (non-hydrogen) atoms. The lowest BCUT2D eigenvalue weighted by Crippen LogP contribution is -2.39. The van der Waals surface area contributed by atoms with Crippen molar-refractivity contribution in [3.63, 3.8) is 0 Å². The molecule has 4 rings (SSSR count). The zero-order chi connectivity index (χ0) is 20.6. The Morgan fingerprint density at radius 3 is 2.66 bits per heavy atom. The molecule has 152 valence electrons. The van der Waals surface area contributed by atoms with Gasteiger partial charge in [-0.2, -0.15) is 5.10 Å². The SMILES string of the molecule is CC(=O)Nc1cc2c(-c3ccc(CN4CCS(=O)(=O)CC4)c(F)c3)cccn2n1. The third-order valence-electron chi connectivity index (χ3n) is 5.00. The first kappa shape index (κ1) is 19.5. The van der Waals surface area contributed by atoms with Crippen molar-refractivity contribution in [1.82, 2.24) is 14.5 Å². The molecule has 1 N–H and O–H groups in total. The van der Waals surface area contributed by atoms with E-state index in [4.69, 9.17) is 0 Å². The molecule has 1 saturated heterocycles. The van der Waals surface area contributed by atoms with Gasteiger partial charge < -0.3 is 5.32 Å². The molecule has 0 bridgehead atoms. The van der Waals surface area contributed by atoms with Gasteiger partial charge in [0.1, 0.15) is 5.82 Å². The highest BCUT2D eigenvalue weighted by molar-refractivity contribution is 7.91. The van der Waals surface area contributed by atoms with Gasteiger partial charge in [0.05, 0.1) is 17.0 Å². The van der Waals surface area contributed by atoms with Gasteiger partial charge in [0, 0.05) is 49.9 Å². The van der Waals surface area contributed by atoms with Crippen molar-refractivity contribution in [2.24, 2.45) is 0 Å². The molecule has 0 atom stereocenters. The van der Waals surface area contributed by atoms with E-state index in [-0.39, 0.29) is 23.2 Å². The van der Waals surface area contributed by atoms with E-state index in [0.29, 0.717) is 36.6 Å². The number of nitrogens with one attached hydrogen (secondary N) is 1. The first-order chi connectivity index (χ1) is 13.8. The molecule has 1 aromatic carbocycles. The average molecular weight is 416 g/mol. The number of benzene rings is 1. The summed E-state index contributed by atoms with van der Waals surface area (Å²) in [5, 5.41) is 6.95. The maximum atomic E-state index is 14.8. The second-order valence-electron chi connectivity index (χ2n) is 7.20. The molecule has 0 saturated carbocycles. The van der Waals surface area contributed by atoms with Crippen LogP contribution in [0.2, 0.25) is 0 Å². The van der Waals surface area contributed by atoms with Crippen molar-refractivity contribution >= 4 is 27.1 Å². The van der Waals surface area contributed by atoms with Gasteiger partial charge in [0.15, 0.2) is 15.7 Å². The van der Waals surface area contributed by atoms with Crippen LogP contribution in [0.5, 0.6) is 0 Å². The number of rotatable bonds is 4. The van der Waals surface area contributed by atoms with Gasteiger partial charge in [-0.25, -0.2) is 17.3 Å². The van der Waals surface area contributed by atoms with E-state index in [2.05, 4.69) is 10.4 Å². The number of amides is 1. The minimum atomic E-state index is -2.96. The number of anilines is 1. The van der Waals surface area contributed by atoms with Crippen LogP contribution in [0, 0.1) is 5.82 Å². The van der Waals surface area contributed by atoms with Crippen LogP contribution in [0.15, 0.2) is 42.6 Å². The summed E-state index contributed by atoms with van der Waals surface area (Å²) in [6.45, 7) is 2.64. The monoisotopic (exact) mass is 416 g/mol. The van der Waals surface area contributed by atoms with Crippen LogP contribution >= 0.6 is 0 Å². The van der Waals surface area contributed by atoms with Gasteiger partial charge in [-0.05, 0) is 17.7 Å². The molecule has 9 heteroatoms. The summed E-state index contributed by atoms with van der Waals surface area (Å²) in [5.74, 6) is 0.122. The zero-order valence-electron chi connectivity index (χ0n) is 15.9. The molecule has 3 heterocycles. The summed E-state index contributed by atoms with van der Waals surface area (Å²) in [4.78, 5) is 13.2. The number of aromatic nitrogens is 2. The molecule has 1 aliphatic heterocycles. The van der Waals surface area contributed by atoms with E-state index in [0.717, 1.165) is 11.1 Å². The largest absolute Gasteiger partial charge is 0.309 e. The Balaban J connectivity index is 1.59. The van der Waals surface area contributed by atoms with Crippen LogP contribution in [0.25, 0.3) is 16.6 Å². The van der Waals surface area contributed by atoms with Crippen LogP contribution in [0.4, 0.5) is 10.2 Å². The van der Waals surface area contributed by atoms with Crippen LogP contribution < -0.4 is 5.32 Å². The Kier molecular flexibility index (Phi) is 5.10. The van der Waals surface area contributed by atoms with Crippen LogP contribution in [-0.4, -0.2) is 53.4 Å². The lowest BCUT2D eigenvalue weighted by Gasteiger charge is -2.26. The number of fused-ring (bicyclic) bond motifs is 1. The molecule has 1 fully saturated rings. The van der Waals surface area contributed by atoms with Gasteiger partial charge in [0.2, 0.25) is 5.91 Å². The number of hydrogen-bond donors (Lipinski definition) is 1. The second kappa shape index (κ2) is 7.57. The minimum absolute atomic E-state index is 0.118. The Morgan fingerprint density at radius 1 is 1.21 bits per heavy atom. The summed E-state index contributed by atoms with van der Waals surface area (Å²) in [6.07, 6.45) is 1.76. The number of halogens is 1. The summed E-state index contributed by atoms with van der Waals surface area (Å²) >= 11 is 0. The first-order valence-electron chi connectivity index (χ1n) is 9.28. The first-order valence-corrected chi connectivity index (χ1v) is 11.1. The Morgan fingerprint density at radius 2 is 1.97 bits per heavy atom. The molecule has 0 unspecified atom stereocenters. The van der Waals surface area contributed by atoms with E-state index in [1.165, 1.54) is 13.0 Å². The lowest BCUT2D eigenvalue weighted by atomic mass is 10.0. The standard InChI is InChI=1S/C20H21FN4O3S/c1-14(26)22-20-12-19-17(3-2-6-25(19)23-20)15-4-5-16(18(21)11-15)13-24-7-9-29(27,28)10-8-24/h2-6,11-12H,7-10,13H2,1H3,(H,22,23,26). The lowest BCUT2D eigenvalue weighted by molar-refractivity contribution is -0.114. The number of carbonyl (C=O) groups is 1. The smallest absolute Gasteiger partial charge is 0.222 e. The Labute approximate surface area is 168 Å². The number of hydrogen-bond acceptors (Lipinski definition) is 5. The van der Waals surface area contributed by atoms with Crippen molar-refractivity contribution in [2.75, 3.05) is 29.9 Å². The molecule has 0 aliphatic carbocycles. The predicted octanol–water partition coefficient (Wildman–Crippen LogP) is 2.33. The van der Waals surface area contributed by atoms with Crippen LogP contribution in [0.1, 0.15) is 12.5 Å². The summed E-state index contributed by atoms with van der Waals surface area (Å²) < 4.78 is 39.5. The summed E-state index contributed by atoms with van der Waals surface area (Å²) in [6, 6.07) is 10.5. The van der Waals surface area contributed by atoms with Crippen LogP contribution in [0.3, 0.4) is 0 Å². The Hall–Kier alpha value is -2.78. The molecule has 2 aromatic heterocycles. The molecule has 0 radical (unpaired) electrons. The van der Waals surface area contributed by atoms with Crippen LogP contribution in [-0.2, 0) is 21.2 Å². The Bertz CT molecular complexity index is 1180. The molecule has 3 aromatic rings. The fraction of sp³-hybridized carbons (Fsp3) is 0.300. The minimum Gasteiger partial charge on any atom is -0.309 e. The van der Waals surface area contributed by atoms with E-state index in [1.54, 1.807) is 22.8 Å². The molecule has 1 aliphatic rings. The van der Waals surface area contributed by atoms with Gasteiger partial charge in [0.25, 0.3) is 0 Å². The summed E-state index contributed by atoms with van der Waals surface area (Å²) in [7, 11) is -2.96. The third kappa shape index (κ3) is 4.30.